The average molecular weight is 339 g/mol. The van der Waals surface area contributed by atoms with Gasteiger partial charge in [0.05, 0.1) is 6.04 Å². The Hall–Kier alpha value is -2.82. The lowest BCUT2D eigenvalue weighted by atomic mass is 9.99. The van der Waals surface area contributed by atoms with Crippen LogP contribution < -0.4 is 4.74 Å². The molecule has 0 radical (unpaired) electrons. The second kappa shape index (κ2) is 7.38. The number of likely N-dealkylation sites (tertiary alicyclic amines) is 1. The number of ether oxygens (including phenoxy) is 1. The van der Waals surface area contributed by atoms with Gasteiger partial charge in [0.15, 0.2) is 6.61 Å². The highest BCUT2D eigenvalue weighted by Crippen LogP contribution is 2.34. The molecule has 2 aromatic carbocycles. The van der Waals surface area contributed by atoms with Crippen LogP contribution in [-0.2, 0) is 4.79 Å². The van der Waals surface area contributed by atoms with E-state index in [4.69, 9.17) is 9.84 Å². The molecule has 1 atom stereocenters. The Morgan fingerprint density at radius 1 is 1.20 bits per heavy atom. The molecule has 2 aromatic rings. The summed E-state index contributed by atoms with van der Waals surface area (Å²) in [6.45, 7) is 2.36. The zero-order chi connectivity index (χ0) is 17.8. The minimum absolute atomic E-state index is 0.0495. The van der Waals surface area contributed by atoms with Crippen molar-refractivity contribution in [3.8, 4) is 5.75 Å². The molecular weight excluding hydrogens is 318 g/mol. The second-order valence-electron chi connectivity index (χ2n) is 6.22. The third-order valence-electron chi connectivity index (χ3n) is 4.50. The first-order chi connectivity index (χ1) is 12.1. The van der Waals surface area contributed by atoms with Gasteiger partial charge in [0.1, 0.15) is 5.75 Å². The van der Waals surface area contributed by atoms with E-state index in [1.54, 1.807) is 24.3 Å². The molecule has 1 aliphatic heterocycles. The Morgan fingerprint density at radius 3 is 2.76 bits per heavy atom. The SMILES string of the molecule is Cc1ccccc1C1CCCN1C(=O)c1cccc(OCC(=O)O)c1. The van der Waals surface area contributed by atoms with Crippen LogP contribution in [0.5, 0.6) is 5.75 Å². The number of carbonyl (C=O) groups excluding carboxylic acids is 1. The fraction of sp³-hybridized carbons (Fsp3) is 0.300. The minimum Gasteiger partial charge on any atom is -0.482 e. The van der Waals surface area contributed by atoms with E-state index in [0.717, 1.165) is 19.4 Å². The molecular formula is C20H21NO4. The minimum atomic E-state index is -1.05. The molecule has 1 heterocycles. The van der Waals surface area contributed by atoms with Crippen LogP contribution in [0, 0.1) is 6.92 Å². The number of hydrogen-bond donors (Lipinski definition) is 1. The molecule has 1 amide bonds. The summed E-state index contributed by atoms with van der Waals surface area (Å²) in [4.78, 5) is 25.5. The molecule has 0 saturated carbocycles. The van der Waals surface area contributed by atoms with Gasteiger partial charge in [0.25, 0.3) is 5.91 Å². The molecule has 1 saturated heterocycles. The summed E-state index contributed by atoms with van der Waals surface area (Å²) in [6.07, 6.45) is 1.92. The van der Waals surface area contributed by atoms with Crippen LogP contribution in [0.2, 0.25) is 0 Å². The van der Waals surface area contributed by atoms with Crippen molar-refractivity contribution < 1.29 is 19.4 Å². The molecule has 1 fully saturated rings. The number of nitrogens with zero attached hydrogens (tertiary/aromatic N) is 1. The number of aryl methyl sites for hydroxylation is 1. The summed E-state index contributed by atoms with van der Waals surface area (Å²) < 4.78 is 5.18. The third kappa shape index (κ3) is 3.82. The van der Waals surface area contributed by atoms with Gasteiger partial charge in [0.2, 0.25) is 0 Å². The van der Waals surface area contributed by atoms with Gasteiger partial charge in [-0.25, -0.2) is 4.79 Å². The Bertz CT molecular complexity index is 787. The molecule has 0 bridgehead atoms. The molecule has 3 rings (SSSR count). The second-order valence-corrected chi connectivity index (χ2v) is 6.22. The van der Waals surface area contributed by atoms with E-state index >= 15 is 0 Å². The molecule has 5 heteroatoms. The zero-order valence-corrected chi connectivity index (χ0v) is 14.1. The van der Waals surface area contributed by atoms with Gasteiger partial charge in [-0.15, -0.1) is 0 Å². The van der Waals surface area contributed by atoms with E-state index in [2.05, 4.69) is 19.1 Å². The summed E-state index contributed by atoms with van der Waals surface area (Å²) in [5, 5.41) is 8.71. The Morgan fingerprint density at radius 2 is 2.00 bits per heavy atom. The number of rotatable bonds is 5. The summed E-state index contributed by atoms with van der Waals surface area (Å²) in [5.74, 6) is -0.706. The predicted molar refractivity (Wildman–Crippen MR) is 93.8 cm³/mol. The van der Waals surface area contributed by atoms with E-state index < -0.39 is 12.6 Å². The lowest BCUT2D eigenvalue weighted by molar-refractivity contribution is -0.139. The topological polar surface area (TPSA) is 66.8 Å². The normalized spacial score (nSPS) is 16.7. The molecule has 1 N–H and O–H groups in total. The van der Waals surface area contributed by atoms with E-state index in [9.17, 15) is 9.59 Å². The van der Waals surface area contributed by atoms with Crippen molar-refractivity contribution in [2.75, 3.05) is 13.2 Å². The van der Waals surface area contributed by atoms with Crippen molar-refractivity contribution in [1.82, 2.24) is 4.90 Å². The van der Waals surface area contributed by atoms with E-state index in [-0.39, 0.29) is 11.9 Å². The van der Waals surface area contributed by atoms with Gasteiger partial charge in [-0.1, -0.05) is 30.3 Å². The van der Waals surface area contributed by atoms with Gasteiger partial charge in [-0.2, -0.15) is 0 Å². The first-order valence-electron chi connectivity index (χ1n) is 8.37. The predicted octanol–water partition coefficient (Wildman–Crippen LogP) is 3.44. The fourth-order valence-corrected chi connectivity index (χ4v) is 3.32. The van der Waals surface area contributed by atoms with E-state index in [1.807, 2.05) is 17.0 Å². The van der Waals surface area contributed by atoms with Crippen molar-refractivity contribution in [2.24, 2.45) is 0 Å². The van der Waals surface area contributed by atoms with E-state index in [0.29, 0.717) is 11.3 Å². The number of aliphatic carboxylic acids is 1. The Kier molecular flexibility index (Phi) is 5.03. The van der Waals surface area contributed by atoms with Crippen LogP contribution in [0.3, 0.4) is 0 Å². The van der Waals surface area contributed by atoms with Gasteiger partial charge in [-0.05, 0) is 49.1 Å². The quantitative estimate of drug-likeness (QED) is 0.906. The third-order valence-corrected chi connectivity index (χ3v) is 4.50. The van der Waals surface area contributed by atoms with Crippen LogP contribution in [0.4, 0.5) is 0 Å². The first-order valence-corrected chi connectivity index (χ1v) is 8.37. The largest absolute Gasteiger partial charge is 0.482 e. The van der Waals surface area contributed by atoms with Crippen LogP contribution >= 0.6 is 0 Å². The number of benzene rings is 2. The molecule has 130 valence electrons. The molecule has 0 aromatic heterocycles. The Labute approximate surface area is 146 Å². The van der Waals surface area contributed by atoms with Crippen molar-refractivity contribution in [1.29, 1.82) is 0 Å². The maximum Gasteiger partial charge on any atom is 0.341 e. The molecule has 0 spiro atoms. The summed E-state index contributed by atoms with van der Waals surface area (Å²) in [6, 6.07) is 15.0. The van der Waals surface area contributed by atoms with Gasteiger partial charge >= 0.3 is 5.97 Å². The lowest BCUT2D eigenvalue weighted by Gasteiger charge is -2.26. The van der Waals surface area contributed by atoms with Crippen molar-refractivity contribution in [3.63, 3.8) is 0 Å². The number of hydrogen-bond acceptors (Lipinski definition) is 3. The number of carboxylic acid groups (broad SMARTS) is 1. The lowest BCUT2D eigenvalue weighted by Crippen LogP contribution is -2.30. The van der Waals surface area contributed by atoms with Crippen LogP contribution in [0.15, 0.2) is 48.5 Å². The highest BCUT2D eigenvalue weighted by Gasteiger charge is 2.31. The summed E-state index contributed by atoms with van der Waals surface area (Å²) in [7, 11) is 0. The smallest absolute Gasteiger partial charge is 0.341 e. The van der Waals surface area contributed by atoms with Crippen LogP contribution in [0.1, 0.15) is 40.4 Å². The summed E-state index contributed by atoms with van der Waals surface area (Å²) >= 11 is 0. The maximum absolute atomic E-state index is 13.0. The van der Waals surface area contributed by atoms with E-state index in [1.165, 1.54) is 11.1 Å². The number of carbonyl (C=O) groups is 2. The van der Waals surface area contributed by atoms with Crippen molar-refractivity contribution >= 4 is 11.9 Å². The highest BCUT2D eigenvalue weighted by atomic mass is 16.5. The molecule has 25 heavy (non-hydrogen) atoms. The van der Waals surface area contributed by atoms with Crippen molar-refractivity contribution in [3.05, 3.63) is 65.2 Å². The van der Waals surface area contributed by atoms with Gasteiger partial charge < -0.3 is 14.7 Å². The first kappa shape index (κ1) is 17.0. The number of carboxylic acids is 1. The number of amides is 1. The standard InChI is InChI=1S/C20H21NO4/c1-14-6-2-3-9-17(14)18-10-5-11-21(18)20(24)15-7-4-8-16(12-15)25-13-19(22)23/h2-4,6-9,12,18H,5,10-11,13H2,1H3,(H,22,23). The molecule has 1 unspecified atom stereocenters. The maximum atomic E-state index is 13.0. The van der Waals surface area contributed by atoms with Crippen LogP contribution in [-0.4, -0.2) is 35.0 Å². The molecule has 1 aliphatic rings. The van der Waals surface area contributed by atoms with Gasteiger partial charge in [0, 0.05) is 12.1 Å². The summed E-state index contributed by atoms with van der Waals surface area (Å²) in [5.41, 5.74) is 2.89. The highest BCUT2D eigenvalue weighted by molar-refractivity contribution is 5.95. The Balaban J connectivity index is 1.81. The average Bonchev–Trinajstić information content (AvgIpc) is 3.09. The molecule has 0 aliphatic carbocycles. The zero-order valence-electron chi connectivity index (χ0n) is 14.1. The van der Waals surface area contributed by atoms with Crippen LogP contribution in [0.25, 0.3) is 0 Å². The fourth-order valence-electron chi connectivity index (χ4n) is 3.32. The van der Waals surface area contributed by atoms with Gasteiger partial charge in [-0.3, -0.25) is 4.79 Å². The monoisotopic (exact) mass is 339 g/mol. The molecule has 5 nitrogen and oxygen atoms in total. The van der Waals surface area contributed by atoms with Crippen molar-refractivity contribution in [2.45, 2.75) is 25.8 Å².